The fourth-order valence-electron chi connectivity index (χ4n) is 1.89. The van der Waals surface area contributed by atoms with Crippen LogP contribution in [0.4, 0.5) is 0 Å². The van der Waals surface area contributed by atoms with Gasteiger partial charge in [0.1, 0.15) is 5.75 Å². The van der Waals surface area contributed by atoms with Gasteiger partial charge in [0, 0.05) is 12.6 Å². The van der Waals surface area contributed by atoms with Crippen LogP contribution in [0.5, 0.6) is 5.75 Å². The fraction of sp³-hybridized carbons (Fsp3) is 0.500. The maximum atomic E-state index is 5.23. The minimum atomic E-state index is 0.619. The molecule has 0 radical (unpaired) electrons. The van der Waals surface area contributed by atoms with Crippen molar-refractivity contribution in [2.45, 2.75) is 32.4 Å². The zero-order valence-corrected chi connectivity index (χ0v) is 8.84. The lowest BCUT2D eigenvalue weighted by Crippen LogP contribution is -2.23. The van der Waals surface area contributed by atoms with Gasteiger partial charge in [0.15, 0.2) is 0 Å². The summed E-state index contributed by atoms with van der Waals surface area (Å²) in [4.78, 5) is 0. The van der Waals surface area contributed by atoms with Gasteiger partial charge in [-0.1, -0.05) is 6.07 Å². The van der Waals surface area contributed by atoms with E-state index >= 15 is 0 Å². The molecule has 1 unspecified atom stereocenters. The second-order valence-electron chi connectivity index (χ2n) is 3.96. The molecule has 1 heterocycles. The molecular weight excluding hydrogens is 174 g/mol. The Morgan fingerprint density at radius 1 is 1.36 bits per heavy atom. The zero-order chi connectivity index (χ0) is 9.97. The van der Waals surface area contributed by atoms with Crippen molar-refractivity contribution in [3.05, 3.63) is 29.3 Å². The highest BCUT2D eigenvalue weighted by atomic mass is 16.5. The van der Waals surface area contributed by atoms with Crippen molar-refractivity contribution in [3.63, 3.8) is 0 Å². The van der Waals surface area contributed by atoms with Crippen LogP contribution in [0.2, 0.25) is 0 Å². The number of benzene rings is 1. The van der Waals surface area contributed by atoms with Crippen LogP contribution < -0.4 is 10.1 Å². The molecule has 1 atom stereocenters. The first-order valence-electron chi connectivity index (χ1n) is 5.19. The molecule has 0 aliphatic carbocycles. The molecule has 0 bridgehead atoms. The van der Waals surface area contributed by atoms with Gasteiger partial charge in [-0.05, 0) is 43.0 Å². The van der Waals surface area contributed by atoms with E-state index < -0.39 is 0 Å². The minimum absolute atomic E-state index is 0.619. The number of fused-ring (bicyclic) bond motifs is 1. The Labute approximate surface area is 85.3 Å². The van der Waals surface area contributed by atoms with Gasteiger partial charge in [0.05, 0.1) is 7.11 Å². The standard InChI is InChI=1S/C12H17NO/c1-9-3-4-10-7-12(14-2)6-5-11(10)8-13-9/h5-7,9,13H,3-4,8H2,1-2H3. The molecule has 2 rings (SSSR count). The molecule has 1 aromatic carbocycles. The molecule has 14 heavy (non-hydrogen) atoms. The minimum Gasteiger partial charge on any atom is -0.497 e. The monoisotopic (exact) mass is 191 g/mol. The highest BCUT2D eigenvalue weighted by Crippen LogP contribution is 2.21. The Morgan fingerprint density at radius 3 is 3.00 bits per heavy atom. The smallest absolute Gasteiger partial charge is 0.119 e. The third-order valence-corrected chi connectivity index (χ3v) is 2.90. The first kappa shape index (κ1) is 9.53. The van der Waals surface area contributed by atoms with Crippen LogP contribution >= 0.6 is 0 Å². The van der Waals surface area contributed by atoms with Crippen molar-refractivity contribution in [1.82, 2.24) is 5.32 Å². The van der Waals surface area contributed by atoms with Gasteiger partial charge in [0.2, 0.25) is 0 Å². The van der Waals surface area contributed by atoms with E-state index in [-0.39, 0.29) is 0 Å². The summed E-state index contributed by atoms with van der Waals surface area (Å²) in [6, 6.07) is 6.98. The third kappa shape index (κ3) is 1.90. The Balaban J connectivity index is 2.27. The molecule has 0 saturated heterocycles. The Kier molecular flexibility index (Phi) is 2.73. The predicted octanol–water partition coefficient (Wildman–Crippen LogP) is 2.12. The summed E-state index contributed by atoms with van der Waals surface area (Å²) in [5, 5.41) is 3.50. The van der Waals surface area contributed by atoms with Gasteiger partial charge in [0.25, 0.3) is 0 Å². The molecule has 1 N–H and O–H groups in total. The van der Waals surface area contributed by atoms with E-state index in [0.717, 1.165) is 18.7 Å². The third-order valence-electron chi connectivity index (χ3n) is 2.90. The quantitative estimate of drug-likeness (QED) is 0.734. The molecule has 1 aromatic rings. The summed E-state index contributed by atoms with van der Waals surface area (Å²) in [5.41, 5.74) is 2.84. The molecule has 0 spiro atoms. The van der Waals surface area contributed by atoms with E-state index in [2.05, 4.69) is 24.4 Å². The number of rotatable bonds is 1. The van der Waals surface area contributed by atoms with Crippen LogP contribution in [-0.2, 0) is 13.0 Å². The number of ether oxygens (including phenoxy) is 1. The Morgan fingerprint density at radius 2 is 2.21 bits per heavy atom. The highest BCUT2D eigenvalue weighted by Gasteiger charge is 2.12. The van der Waals surface area contributed by atoms with Gasteiger partial charge in [-0.25, -0.2) is 0 Å². The lowest BCUT2D eigenvalue weighted by Gasteiger charge is -2.08. The summed E-state index contributed by atoms with van der Waals surface area (Å²) in [5.74, 6) is 0.971. The molecule has 0 amide bonds. The van der Waals surface area contributed by atoms with E-state index in [1.165, 1.54) is 17.5 Å². The molecule has 2 nitrogen and oxygen atoms in total. The Hall–Kier alpha value is -1.02. The van der Waals surface area contributed by atoms with Crippen molar-refractivity contribution >= 4 is 0 Å². The van der Waals surface area contributed by atoms with Gasteiger partial charge in [-0.15, -0.1) is 0 Å². The topological polar surface area (TPSA) is 21.3 Å². The van der Waals surface area contributed by atoms with Crippen LogP contribution in [0.25, 0.3) is 0 Å². The van der Waals surface area contributed by atoms with Crippen LogP contribution in [0, 0.1) is 0 Å². The largest absolute Gasteiger partial charge is 0.497 e. The van der Waals surface area contributed by atoms with Crippen LogP contribution in [0.1, 0.15) is 24.5 Å². The summed E-state index contributed by atoms with van der Waals surface area (Å²) in [6.07, 6.45) is 2.36. The number of methoxy groups -OCH3 is 1. The second kappa shape index (κ2) is 4.01. The maximum Gasteiger partial charge on any atom is 0.119 e. The Bertz CT molecular complexity index is 322. The zero-order valence-electron chi connectivity index (χ0n) is 8.84. The molecule has 76 valence electrons. The van der Waals surface area contributed by atoms with Crippen molar-refractivity contribution in [2.24, 2.45) is 0 Å². The van der Waals surface area contributed by atoms with Crippen LogP contribution in [0.3, 0.4) is 0 Å². The van der Waals surface area contributed by atoms with Crippen molar-refractivity contribution in [2.75, 3.05) is 7.11 Å². The SMILES string of the molecule is COc1ccc2c(c1)CCC(C)NC2. The summed E-state index contributed by atoms with van der Waals surface area (Å²) in [6.45, 7) is 3.23. The average molecular weight is 191 g/mol. The molecule has 0 aromatic heterocycles. The van der Waals surface area contributed by atoms with E-state index in [0.29, 0.717) is 6.04 Å². The fourth-order valence-corrected chi connectivity index (χ4v) is 1.89. The van der Waals surface area contributed by atoms with Gasteiger partial charge >= 0.3 is 0 Å². The van der Waals surface area contributed by atoms with Gasteiger partial charge in [-0.2, -0.15) is 0 Å². The molecule has 1 aliphatic rings. The van der Waals surface area contributed by atoms with E-state index in [9.17, 15) is 0 Å². The normalized spacial score (nSPS) is 21.1. The van der Waals surface area contributed by atoms with E-state index in [1.54, 1.807) is 7.11 Å². The lowest BCUT2D eigenvalue weighted by atomic mass is 10.0. The predicted molar refractivity (Wildman–Crippen MR) is 57.6 cm³/mol. The summed E-state index contributed by atoms with van der Waals surface area (Å²) < 4.78 is 5.23. The van der Waals surface area contributed by atoms with Gasteiger partial charge < -0.3 is 10.1 Å². The van der Waals surface area contributed by atoms with Crippen molar-refractivity contribution < 1.29 is 4.74 Å². The van der Waals surface area contributed by atoms with E-state index in [1.807, 2.05) is 6.07 Å². The number of hydrogen-bond donors (Lipinski definition) is 1. The average Bonchev–Trinajstić information content (AvgIpc) is 2.40. The molecular formula is C12H17NO. The molecule has 0 fully saturated rings. The number of nitrogens with one attached hydrogen (secondary N) is 1. The van der Waals surface area contributed by atoms with Crippen molar-refractivity contribution in [3.8, 4) is 5.75 Å². The molecule has 1 aliphatic heterocycles. The molecule has 0 saturated carbocycles. The van der Waals surface area contributed by atoms with Crippen LogP contribution in [0.15, 0.2) is 18.2 Å². The number of aryl methyl sites for hydroxylation is 1. The first-order valence-corrected chi connectivity index (χ1v) is 5.19. The van der Waals surface area contributed by atoms with Gasteiger partial charge in [-0.3, -0.25) is 0 Å². The summed E-state index contributed by atoms with van der Waals surface area (Å²) in [7, 11) is 1.72. The van der Waals surface area contributed by atoms with Crippen molar-refractivity contribution in [1.29, 1.82) is 0 Å². The summed E-state index contributed by atoms with van der Waals surface area (Å²) >= 11 is 0. The second-order valence-corrected chi connectivity index (χ2v) is 3.96. The first-order chi connectivity index (χ1) is 6.79. The van der Waals surface area contributed by atoms with Crippen LogP contribution in [-0.4, -0.2) is 13.2 Å². The van der Waals surface area contributed by atoms with E-state index in [4.69, 9.17) is 4.74 Å². The molecule has 2 heteroatoms. The lowest BCUT2D eigenvalue weighted by molar-refractivity contribution is 0.414. The number of hydrogen-bond acceptors (Lipinski definition) is 2. The highest BCUT2D eigenvalue weighted by molar-refractivity contribution is 5.36. The maximum absolute atomic E-state index is 5.23.